The van der Waals surface area contributed by atoms with Gasteiger partial charge in [0.15, 0.2) is 6.10 Å². The number of carbonyl (C=O) groups is 3. The van der Waals surface area contributed by atoms with Crippen molar-refractivity contribution >= 4 is 33.6 Å². The number of aliphatic hydroxyl groups excluding tert-OH is 2. The lowest BCUT2D eigenvalue weighted by Crippen LogP contribution is -2.30. The number of aliphatic hydroxyl groups is 2. The standard InChI is InChI=1S/C91H156O16P2/c1-4-7-10-13-16-19-22-25-28-31-34-36-38-39-40-41-42-43-44-45-47-49-51-53-56-59-62-65-68-71-74-77-89(94)101-80-86(92)81-103-108(97,98)104-82-87(93)83-105-109(99,100)106-85-88(107-91(96)79-76-73-70-67-64-61-58-55-50-33-30-27-24-21-18-15-12-9-6-3)84-102-90(95)78-75-72-69-66-63-60-57-54-52-48-46-37-35-32-29-26-23-20-17-14-11-8-5-2/h9,12,16-21,25-30,34-37,39-40,48,50,52,55,86-88,92-93H,4-8,10-11,13-15,22-24,31-33,38,41-47,49,51,53-54,56-85H2,1-3H3,(H,97,98)(H,99,100)/b12-9-,19-16-,20-17-,21-18-,28-25-,29-26-,30-27-,36-34-,37-35-,40-39-,52-48-,55-50-. The molecule has 109 heavy (non-hydrogen) atoms. The minimum Gasteiger partial charge on any atom is -0.463 e. The van der Waals surface area contributed by atoms with E-state index in [1.165, 1.54) is 128 Å². The van der Waals surface area contributed by atoms with Crippen molar-refractivity contribution in [3.63, 3.8) is 0 Å². The molecular weight excluding hydrogens is 1410 g/mol. The molecule has 0 aliphatic carbocycles. The van der Waals surface area contributed by atoms with Crippen molar-refractivity contribution in [3.8, 4) is 0 Å². The van der Waals surface area contributed by atoms with Crippen molar-refractivity contribution in [2.75, 3.05) is 39.6 Å². The Morgan fingerprint density at radius 1 is 0.266 bits per heavy atom. The van der Waals surface area contributed by atoms with Crippen molar-refractivity contribution in [3.05, 3.63) is 146 Å². The van der Waals surface area contributed by atoms with Gasteiger partial charge in [0.2, 0.25) is 0 Å². The summed E-state index contributed by atoms with van der Waals surface area (Å²) in [4.78, 5) is 58.8. The van der Waals surface area contributed by atoms with Crippen LogP contribution >= 0.6 is 15.6 Å². The summed E-state index contributed by atoms with van der Waals surface area (Å²) in [6.45, 7) is 2.51. The molecule has 0 spiro atoms. The van der Waals surface area contributed by atoms with Crippen LogP contribution in [0.4, 0.5) is 0 Å². The molecule has 0 aromatic rings. The number of ether oxygens (including phenoxy) is 3. The molecule has 0 aromatic heterocycles. The first kappa shape index (κ1) is 104. The third-order valence-corrected chi connectivity index (χ3v) is 19.9. The molecule has 0 saturated heterocycles. The Balaban J connectivity index is 4.57. The van der Waals surface area contributed by atoms with Gasteiger partial charge in [0.1, 0.15) is 25.4 Å². The monoisotopic (exact) mass is 1570 g/mol. The highest BCUT2D eigenvalue weighted by Gasteiger charge is 2.29. The fourth-order valence-electron chi connectivity index (χ4n) is 11.5. The lowest BCUT2D eigenvalue weighted by atomic mass is 10.0. The predicted molar refractivity (Wildman–Crippen MR) is 454 cm³/mol. The number of phosphoric acid groups is 2. The smallest absolute Gasteiger partial charge is 0.463 e. The van der Waals surface area contributed by atoms with Gasteiger partial charge in [0.05, 0.1) is 26.4 Å². The summed E-state index contributed by atoms with van der Waals surface area (Å²) in [5, 5.41) is 20.7. The SMILES string of the molecule is CC/C=C\C/C=C\C/C=C\C/C=C\CCCCCCCCC(=O)OC(COC(=O)CCCCCCCCC/C=C\C/C=C\C/C=C\C/C=C\CCCCC)COP(=O)(O)OCC(O)COP(=O)(O)OCC(O)COC(=O)CCCCCCCCCCCCCCCCC/C=C\C/C=C\C/C=C\C/C=C\CCCCC. The number of unbranched alkanes of at least 4 members (excludes halogenated alkanes) is 34. The molecule has 5 atom stereocenters. The lowest BCUT2D eigenvalue weighted by Gasteiger charge is -2.21. The van der Waals surface area contributed by atoms with Crippen LogP contribution in [0.25, 0.3) is 0 Å². The van der Waals surface area contributed by atoms with Crippen LogP contribution in [0.2, 0.25) is 0 Å². The Labute approximate surface area is 664 Å². The molecule has 0 aromatic carbocycles. The molecule has 0 radical (unpaired) electrons. The van der Waals surface area contributed by atoms with Gasteiger partial charge in [-0.15, -0.1) is 0 Å². The van der Waals surface area contributed by atoms with Gasteiger partial charge >= 0.3 is 33.6 Å². The van der Waals surface area contributed by atoms with Gasteiger partial charge in [-0.3, -0.25) is 32.5 Å². The highest BCUT2D eigenvalue weighted by molar-refractivity contribution is 7.47. The zero-order valence-corrected chi connectivity index (χ0v) is 70.5. The van der Waals surface area contributed by atoms with E-state index in [2.05, 4.69) is 167 Å². The van der Waals surface area contributed by atoms with Crippen LogP contribution in [-0.4, -0.2) is 95.9 Å². The van der Waals surface area contributed by atoms with Crippen LogP contribution in [0.5, 0.6) is 0 Å². The summed E-state index contributed by atoms with van der Waals surface area (Å²) in [5.41, 5.74) is 0. The van der Waals surface area contributed by atoms with Gasteiger partial charge in [-0.1, -0.05) is 334 Å². The Morgan fingerprint density at radius 3 is 0.771 bits per heavy atom. The minimum absolute atomic E-state index is 0.0821. The molecule has 626 valence electrons. The Bertz CT molecular complexity index is 2560. The lowest BCUT2D eigenvalue weighted by molar-refractivity contribution is -0.161. The second-order valence-electron chi connectivity index (χ2n) is 28.6. The van der Waals surface area contributed by atoms with Crippen LogP contribution in [0, 0.1) is 0 Å². The number of rotatable bonds is 81. The molecule has 0 heterocycles. The molecule has 18 heteroatoms. The van der Waals surface area contributed by atoms with E-state index in [0.29, 0.717) is 19.3 Å². The molecule has 5 unspecified atom stereocenters. The van der Waals surface area contributed by atoms with E-state index in [9.17, 15) is 43.5 Å². The molecule has 0 bridgehead atoms. The first-order valence-corrected chi connectivity index (χ1v) is 46.1. The number of phosphoric ester groups is 2. The number of hydrogen-bond donors (Lipinski definition) is 4. The van der Waals surface area contributed by atoms with Crippen LogP contribution < -0.4 is 0 Å². The molecule has 0 aliphatic heterocycles. The quantitative estimate of drug-likeness (QED) is 0.0146. The fraction of sp³-hybridized carbons (Fsp3) is 0.703. The average Bonchev–Trinajstić information content (AvgIpc) is 0.903. The van der Waals surface area contributed by atoms with Crippen LogP contribution in [0.1, 0.15) is 355 Å². The number of carbonyl (C=O) groups excluding carboxylic acids is 3. The molecule has 0 aliphatic rings. The fourth-order valence-corrected chi connectivity index (χ4v) is 13.1. The summed E-state index contributed by atoms with van der Waals surface area (Å²) >= 11 is 0. The van der Waals surface area contributed by atoms with Crippen molar-refractivity contribution in [1.82, 2.24) is 0 Å². The molecule has 16 nitrogen and oxygen atoms in total. The second-order valence-corrected chi connectivity index (χ2v) is 31.5. The van der Waals surface area contributed by atoms with E-state index in [1.807, 2.05) is 0 Å². The Kier molecular flexibility index (Phi) is 79.4. The highest BCUT2D eigenvalue weighted by Crippen LogP contribution is 2.45. The van der Waals surface area contributed by atoms with Crippen molar-refractivity contribution in [2.24, 2.45) is 0 Å². The van der Waals surface area contributed by atoms with Crippen molar-refractivity contribution < 1.29 is 75.8 Å². The van der Waals surface area contributed by atoms with E-state index in [-0.39, 0.29) is 19.3 Å². The van der Waals surface area contributed by atoms with Crippen LogP contribution in [0.15, 0.2) is 146 Å². The normalized spacial score (nSPS) is 14.6. The van der Waals surface area contributed by atoms with Crippen LogP contribution in [0.3, 0.4) is 0 Å². The zero-order valence-electron chi connectivity index (χ0n) is 68.7. The first-order valence-electron chi connectivity index (χ1n) is 43.1. The first-order chi connectivity index (χ1) is 53.2. The highest BCUT2D eigenvalue weighted by atomic mass is 31.2. The zero-order chi connectivity index (χ0) is 79.4. The average molecular weight is 1570 g/mol. The molecule has 0 saturated carbocycles. The van der Waals surface area contributed by atoms with Crippen LogP contribution in [-0.2, 0) is 55.8 Å². The summed E-state index contributed by atoms with van der Waals surface area (Å²) in [7, 11) is -9.81. The van der Waals surface area contributed by atoms with Gasteiger partial charge < -0.3 is 34.2 Å². The molecule has 0 fully saturated rings. The van der Waals surface area contributed by atoms with Crippen molar-refractivity contribution in [1.29, 1.82) is 0 Å². The molecule has 0 rings (SSSR count). The van der Waals surface area contributed by atoms with E-state index in [1.54, 1.807) is 0 Å². The van der Waals surface area contributed by atoms with Gasteiger partial charge in [-0.25, -0.2) is 9.13 Å². The predicted octanol–water partition coefficient (Wildman–Crippen LogP) is 26.0. The Hall–Kier alpha value is -4.57. The third kappa shape index (κ3) is 84.2. The third-order valence-electron chi connectivity index (χ3n) is 18.0. The molecular formula is C91H156O16P2. The van der Waals surface area contributed by atoms with E-state index < -0.39 is 91.5 Å². The molecule has 4 N–H and O–H groups in total. The maximum absolute atomic E-state index is 13.0. The second kappa shape index (κ2) is 82.9. The van der Waals surface area contributed by atoms with E-state index in [4.69, 9.17) is 32.3 Å². The van der Waals surface area contributed by atoms with Gasteiger partial charge in [-0.2, -0.15) is 0 Å². The number of allylic oxidation sites excluding steroid dienone is 24. The number of hydrogen-bond acceptors (Lipinski definition) is 14. The van der Waals surface area contributed by atoms with Crippen molar-refractivity contribution in [2.45, 2.75) is 373 Å². The van der Waals surface area contributed by atoms with Gasteiger partial charge in [-0.05, 0) is 148 Å². The maximum Gasteiger partial charge on any atom is 0.472 e. The Morgan fingerprint density at radius 2 is 0.486 bits per heavy atom. The minimum atomic E-state index is -4.95. The summed E-state index contributed by atoms with van der Waals surface area (Å²) in [6.07, 6.45) is 103. The summed E-state index contributed by atoms with van der Waals surface area (Å²) < 4.78 is 61.3. The number of esters is 3. The maximum atomic E-state index is 13.0. The van der Waals surface area contributed by atoms with Gasteiger partial charge in [0.25, 0.3) is 0 Å². The van der Waals surface area contributed by atoms with Gasteiger partial charge in [0, 0.05) is 19.3 Å². The van der Waals surface area contributed by atoms with E-state index >= 15 is 0 Å². The summed E-state index contributed by atoms with van der Waals surface area (Å²) in [6, 6.07) is 0. The topological polar surface area (TPSA) is 231 Å². The molecule has 0 amide bonds. The summed E-state index contributed by atoms with van der Waals surface area (Å²) in [5.74, 6) is -1.60. The largest absolute Gasteiger partial charge is 0.472 e. The van der Waals surface area contributed by atoms with E-state index in [0.717, 1.165) is 167 Å².